The first-order valence-electron chi connectivity index (χ1n) is 7.61. The molecule has 1 aliphatic carbocycles. The largest absolute Gasteiger partial charge is 0.409 e. The van der Waals surface area contributed by atoms with Gasteiger partial charge in [0.05, 0.1) is 5.92 Å². The number of hydrogen-bond donors (Lipinski definition) is 1. The first kappa shape index (κ1) is 16.9. The number of halogens is 4. The van der Waals surface area contributed by atoms with Crippen LogP contribution in [0, 0.1) is 23.7 Å². The Morgan fingerprint density at radius 3 is 2.71 bits per heavy atom. The van der Waals surface area contributed by atoms with Gasteiger partial charge in [-0.2, -0.15) is 13.2 Å². The molecule has 0 aromatic heterocycles. The van der Waals surface area contributed by atoms with Crippen molar-refractivity contribution in [1.82, 2.24) is 0 Å². The summed E-state index contributed by atoms with van der Waals surface area (Å²) >= 11 is 5.94. The van der Waals surface area contributed by atoms with E-state index in [1.54, 1.807) is 0 Å². The third kappa shape index (κ3) is 2.69. The van der Waals surface area contributed by atoms with Gasteiger partial charge in [-0.25, -0.2) is 0 Å². The van der Waals surface area contributed by atoms with Gasteiger partial charge in [0, 0.05) is 22.2 Å². The van der Waals surface area contributed by atoms with E-state index in [0.29, 0.717) is 0 Å². The van der Waals surface area contributed by atoms with Crippen molar-refractivity contribution in [3.8, 4) is 11.8 Å². The van der Waals surface area contributed by atoms with Crippen LogP contribution in [0.25, 0.3) is 0 Å². The molecule has 1 aliphatic heterocycles. The molecule has 126 valence electrons. The molecule has 0 radical (unpaired) electrons. The normalized spacial score (nSPS) is 26.0. The second kappa shape index (κ2) is 5.86. The summed E-state index contributed by atoms with van der Waals surface area (Å²) in [5.41, 5.74) is -2.57. The average molecular weight is 354 g/mol. The highest BCUT2D eigenvalue weighted by Crippen LogP contribution is 2.53. The van der Waals surface area contributed by atoms with Crippen LogP contribution in [0.1, 0.15) is 24.8 Å². The molecule has 1 aromatic carbocycles. The zero-order chi connectivity index (χ0) is 17.5. The monoisotopic (exact) mass is 353 g/mol. The van der Waals surface area contributed by atoms with E-state index in [1.165, 1.54) is 24.3 Å². The maximum Gasteiger partial charge on any atom is 0.409 e. The van der Waals surface area contributed by atoms with Crippen LogP contribution in [-0.2, 0) is 10.2 Å². The van der Waals surface area contributed by atoms with E-state index in [1.807, 2.05) is 0 Å². The number of anilines is 1. The summed E-state index contributed by atoms with van der Waals surface area (Å²) in [6.07, 6.45) is -1.95. The molecule has 6 heteroatoms. The molecule has 0 bridgehead atoms. The fraction of sp³-hybridized carbons (Fsp3) is 0.389. The molecular weight excluding hydrogens is 339 g/mol. The topological polar surface area (TPSA) is 29.1 Å². The Labute approximate surface area is 143 Å². The molecule has 1 heterocycles. The van der Waals surface area contributed by atoms with E-state index in [-0.39, 0.29) is 28.6 Å². The Bertz CT molecular complexity index is 758. The van der Waals surface area contributed by atoms with E-state index in [0.717, 1.165) is 12.8 Å². The summed E-state index contributed by atoms with van der Waals surface area (Å²) in [6, 6.07) is 4.09. The Morgan fingerprint density at radius 1 is 1.42 bits per heavy atom. The van der Waals surface area contributed by atoms with Crippen LogP contribution in [-0.4, -0.2) is 12.1 Å². The molecule has 2 unspecified atom stereocenters. The van der Waals surface area contributed by atoms with Crippen LogP contribution in [0.4, 0.5) is 18.9 Å². The number of carbonyl (C=O) groups excluding carboxylic acids is 1. The third-order valence-electron chi connectivity index (χ3n) is 4.40. The Hall–Kier alpha value is -1.93. The van der Waals surface area contributed by atoms with Gasteiger partial charge >= 0.3 is 6.18 Å². The number of carbonyl (C=O) groups is 1. The predicted octanol–water partition coefficient (Wildman–Crippen LogP) is 4.70. The molecule has 1 amide bonds. The maximum atomic E-state index is 14.3. The summed E-state index contributed by atoms with van der Waals surface area (Å²) in [5, 5.41) is 2.71. The van der Waals surface area contributed by atoms with Crippen molar-refractivity contribution < 1.29 is 18.0 Å². The van der Waals surface area contributed by atoms with E-state index < -0.39 is 23.4 Å². The Morgan fingerprint density at radius 2 is 2.12 bits per heavy atom. The molecule has 2 nitrogen and oxygen atoms in total. The van der Waals surface area contributed by atoms with Gasteiger partial charge in [-0.1, -0.05) is 29.5 Å². The molecule has 2 aliphatic rings. The fourth-order valence-electron chi connectivity index (χ4n) is 3.03. The number of benzene rings is 1. The minimum Gasteiger partial charge on any atom is -0.325 e. The molecule has 1 fully saturated rings. The van der Waals surface area contributed by atoms with E-state index in [9.17, 15) is 18.0 Å². The van der Waals surface area contributed by atoms with Crippen LogP contribution in [0.15, 0.2) is 30.9 Å². The minimum atomic E-state index is -4.72. The molecular formula is C18H15ClF3NO. The number of allylic oxidation sites excluding steroid dienone is 1. The number of hydrogen-bond acceptors (Lipinski definition) is 1. The molecule has 1 aromatic rings. The number of rotatable bonds is 2. The van der Waals surface area contributed by atoms with Crippen LogP contribution < -0.4 is 5.32 Å². The zero-order valence-corrected chi connectivity index (χ0v) is 13.5. The van der Waals surface area contributed by atoms with Crippen molar-refractivity contribution in [1.29, 1.82) is 0 Å². The van der Waals surface area contributed by atoms with E-state index in [4.69, 9.17) is 11.6 Å². The summed E-state index contributed by atoms with van der Waals surface area (Å²) in [6.45, 7) is 3.50. The van der Waals surface area contributed by atoms with Gasteiger partial charge in [-0.15, -0.1) is 6.58 Å². The maximum absolute atomic E-state index is 14.3. The molecule has 0 saturated heterocycles. The van der Waals surface area contributed by atoms with Gasteiger partial charge in [-0.3, -0.25) is 4.79 Å². The second-order valence-corrected chi connectivity index (χ2v) is 6.54. The summed E-state index contributed by atoms with van der Waals surface area (Å²) < 4.78 is 42.8. The first-order chi connectivity index (χ1) is 11.3. The van der Waals surface area contributed by atoms with Gasteiger partial charge < -0.3 is 5.32 Å². The first-order valence-corrected chi connectivity index (χ1v) is 7.98. The van der Waals surface area contributed by atoms with E-state index >= 15 is 0 Å². The van der Waals surface area contributed by atoms with Crippen molar-refractivity contribution in [2.75, 3.05) is 5.32 Å². The lowest BCUT2D eigenvalue weighted by atomic mass is 9.65. The highest BCUT2D eigenvalue weighted by Gasteiger charge is 2.64. The van der Waals surface area contributed by atoms with Crippen LogP contribution in [0.3, 0.4) is 0 Å². The van der Waals surface area contributed by atoms with Crippen molar-refractivity contribution in [2.24, 2.45) is 11.8 Å². The average Bonchev–Trinajstić information content (AvgIpc) is 3.31. The molecule has 1 N–H and O–H groups in total. The van der Waals surface area contributed by atoms with Crippen LogP contribution in [0.5, 0.6) is 0 Å². The fourth-order valence-corrected chi connectivity index (χ4v) is 3.20. The predicted molar refractivity (Wildman–Crippen MR) is 86.6 cm³/mol. The van der Waals surface area contributed by atoms with Gasteiger partial charge in [0.25, 0.3) is 0 Å². The minimum absolute atomic E-state index is 0.0266. The van der Waals surface area contributed by atoms with Crippen LogP contribution in [0.2, 0.25) is 5.02 Å². The van der Waals surface area contributed by atoms with Crippen molar-refractivity contribution in [3.63, 3.8) is 0 Å². The summed E-state index contributed by atoms with van der Waals surface area (Å²) in [7, 11) is 0. The summed E-state index contributed by atoms with van der Waals surface area (Å²) in [4.78, 5) is 12.4. The van der Waals surface area contributed by atoms with Crippen molar-refractivity contribution in [3.05, 3.63) is 41.4 Å². The van der Waals surface area contributed by atoms with Crippen molar-refractivity contribution in [2.45, 2.75) is 30.9 Å². The lowest BCUT2D eigenvalue weighted by Crippen LogP contribution is -2.54. The molecule has 2 atom stereocenters. The van der Waals surface area contributed by atoms with Gasteiger partial charge in [-0.05, 0) is 37.5 Å². The lowest BCUT2D eigenvalue weighted by molar-refractivity contribution is -0.189. The van der Waals surface area contributed by atoms with Crippen LogP contribution >= 0.6 is 11.6 Å². The lowest BCUT2D eigenvalue weighted by Gasteiger charge is -2.42. The third-order valence-corrected chi connectivity index (χ3v) is 4.64. The van der Waals surface area contributed by atoms with Gasteiger partial charge in [0.2, 0.25) is 5.91 Å². The van der Waals surface area contributed by atoms with Crippen molar-refractivity contribution >= 4 is 23.2 Å². The molecule has 0 spiro atoms. The van der Waals surface area contributed by atoms with Gasteiger partial charge in [0.15, 0.2) is 5.41 Å². The summed E-state index contributed by atoms with van der Waals surface area (Å²) in [5.74, 6) is 3.03. The highest BCUT2D eigenvalue weighted by atomic mass is 35.5. The Balaban J connectivity index is 2.30. The zero-order valence-electron chi connectivity index (χ0n) is 12.7. The smallest absolute Gasteiger partial charge is 0.325 e. The quantitative estimate of drug-likeness (QED) is 0.606. The standard InChI is InChI=1S/C18H15ClF3NO/c1-2-3-13-16(24)23-15-7-6-12(19)10-14(15)17(13,18(20,21)22)9-8-11-4-5-11/h2,6-7,10-11,13H,1,3-5H2,(H,23,24). The Kier molecular flexibility index (Phi) is 4.13. The second-order valence-electron chi connectivity index (χ2n) is 6.11. The highest BCUT2D eigenvalue weighted by molar-refractivity contribution is 6.30. The number of nitrogens with one attached hydrogen (secondary N) is 1. The molecule has 3 rings (SSSR count). The SMILES string of the molecule is C=CCC1C(=O)Nc2ccc(Cl)cc2C1(C#CC1CC1)C(F)(F)F. The number of alkyl halides is 3. The number of amides is 1. The van der Waals surface area contributed by atoms with E-state index in [2.05, 4.69) is 23.7 Å². The molecule has 24 heavy (non-hydrogen) atoms. The van der Waals surface area contributed by atoms with Gasteiger partial charge in [0.1, 0.15) is 0 Å². The number of fused-ring (bicyclic) bond motifs is 1. The molecule has 1 saturated carbocycles.